The number of benzene rings is 1. The van der Waals surface area contributed by atoms with Crippen LogP contribution in [0.5, 0.6) is 0 Å². The average molecular weight is 420 g/mol. The summed E-state index contributed by atoms with van der Waals surface area (Å²) < 4.78 is 7.46. The van der Waals surface area contributed by atoms with Crippen LogP contribution >= 0.6 is 0 Å². The molecule has 6 nitrogen and oxygen atoms in total. The Hall–Kier alpha value is -1.52. The number of aliphatic hydroxyl groups is 1. The Kier molecular flexibility index (Phi) is 5.61. The quantitative estimate of drug-likeness (QED) is 0.641. The third kappa shape index (κ3) is 3.60. The maximum absolute atomic E-state index is 10.3. The third-order valence-electron chi connectivity index (χ3n) is 3.64. The van der Waals surface area contributed by atoms with Crippen molar-refractivity contribution in [3.63, 3.8) is 0 Å². The molecule has 3 aromatic rings. The van der Waals surface area contributed by atoms with Crippen molar-refractivity contribution in [2.24, 2.45) is 0 Å². The van der Waals surface area contributed by atoms with Crippen LogP contribution in [0.4, 0.5) is 5.82 Å². The van der Waals surface area contributed by atoms with Gasteiger partial charge in [-0.1, -0.05) is 24.3 Å². The molecular weight excluding hydrogens is 399 g/mol. The van der Waals surface area contributed by atoms with Crippen LogP contribution in [0.25, 0.3) is 27.7 Å². The van der Waals surface area contributed by atoms with E-state index in [1.54, 1.807) is 13.8 Å². The van der Waals surface area contributed by atoms with Gasteiger partial charge in [-0.15, -0.1) is 0 Å². The van der Waals surface area contributed by atoms with Crippen LogP contribution < -0.4 is 0 Å². The van der Waals surface area contributed by atoms with Gasteiger partial charge in [-0.25, -0.2) is 4.98 Å². The number of ether oxygens (including phenoxy) is 1. The largest absolute Gasteiger partial charge is 0.480 e. The molecule has 0 saturated carbocycles. The minimum atomic E-state index is -0.902. The minimum absolute atomic E-state index is 0. The number of pyridine rings is 1. The molecule has 2 heterocycles. The molecule has 132 valence electrons. The summed E-state index contributed by atoms with van der Waals surface area (Å²) in [6.07, 6.45) is 0. The number of nitrogens with one attached hydrogen (secondary N) is 1. The van der Waals surface area contributed by atoms with Gasteiger partial charge in [0, 0.05) is 32.4 Å². The first kappa shape index (κ1) is 18.8. The molecule has 0 radical (unpaired) electrons. The van der Waals surface area contributed by atoms with Gasteiger partial charge in [0.05, 0.1) is 23.2 Å². The predicted octanol–water partition coefficient (Wildman–Crippen LogP) is 3.57. The van der Waals surface area contributed by atoms with Crippen molar-refractivity contribution in [2.45, 2.75) is 39.5 Å². The number of imidazole rings is 1. The number of para-hydroxylation sites is 1. The molecular formula is C17H21N4O2Pd-. The van der Waals surface area contributed by atoms with Crippen molar-refractivity contribution >= 4 is 27.8 Å². The molecule has 3 rings (SSSR count). The van der Waals surface area contributed by atoms with E-state index in [1.165, 1.54) is 0 Å². The zero-order valence-electron chi connectivity index (χ0n) is 13.9. The number of rotatable bonds is 5. The molecule has 0 aliphatic rings. The Morgan fingerprint density at radius 2 is 1.96 bits per heavy atom. The molecule has 0 atom stereocenters. The van der Waals surface area contributed by atoms with E-state index in [1.807, 2.05) is 35.8 Å². The standard InChI is InChI=1S/C17H21N4O2.Pd/c1-4-23-9-13-20-14-15(21(13)10-17(2,3)22)11-7-5-6-8-12(11)19-16(14)18;/h5-8,22H,4,9-10H2,1-3H3,(H-,18,19);/q-1;. The summed E-state index contributed by atoms with van der Waals surface area (Å²) in [6, 6.07) is 7.70. The second-order valence-electron chi connectivity index (χ2n) is 6.24. The summed E-state index contributed by atoms with van der Waals surface area (Å²) in [5, 5.41) is 11.2. The van der Waals surface area contributed by atoms with Gasteiger partial charge in [-0.05, 0) is 32.1 Å². The van der Waals surface area contributed by atoms with Gasteiger partial charge < -0.3 is 25.1 Å². The maximum Gasteiger partial charge on any atom is 0.136 e. The van der Waals surface area contributed by atoms with Crippen LogP contribution in [0, 0.1) is 0 Å². The number of hydrogen-bond acceptors (Lipinski definition) is 4. The summed E-state index contributed by atoms with van der Waals surface area (Å²) in [5.74, 6) is 0.849. The van der Waals surface area contributed by atoms with Crippen molar-refractivity contribution in [3.8, 4) is 0 Å². The van der Waals surface area contributed by atoms with Gasteiger partial charge in [0.1, 0.15) is 12.4 Å². The Bertz CT molecular complexity index is 855. The van der Waals surface area contributed by atoms with Crippen LogP contribution in [0.2, 0.25) is 0 Å². The second-order valence-corrected chi connectivity index (χ2v) is 6.24. The molecule has 0 spiro atoms. The molecule has 7 heteroatoms. The van der Waals surface area contributed by atoms with Gasteiger partial charge >= 0.3 is 0 Å². The SMILES string of the molecule is CCOCc1nc2c([NH-])nc3ccccc3c2n1CC(C)(C)O.[Pd]. The van der Waals surface area contributed by atoms with E-state index in [0.29, 0.717) is 31.1 Å². The summed E-state index contributed by atoms with van der Waals surface area (Å²) in [7, 11) is 0. The van der Waals surface area contributed by atoms with Crippen molar-refractivity contribution in [2.75, 3.05) is 6.61 Å². The zero-order valence-corrected chi connectivity index (χ0v) is 15.5. The second kappa shape index (κ2) is 7.16. The molecule has 0 bridgehead atoms. The molecule has 0 aliphatic heterocycles. The van der Waals surface area contributed by atoms with Crippen LogP contribution in [0.15, 0.2) is 24.3 Å². The molecule has 24 heavy (non-hydrogen) atoms. The molecule has 0 aliphatic carbocycles. The van der Waals surface area contributed by atoms with Crippen molar-refractivity contribution < 1.29 is 30.3 Å². The predicted molar refractivity (Wildman–Crippen MR) is 90.6 cm³/mol. The van der Waals surface area contributed by atoms with E-state index in [-0.39, 0.29) is 26.2 Å². The molecule has 0 amide bonds. The Morgan fingerprint density at radius 1 is 1.25 bits per heavy atom. The van der Waals surface area contributed by atoms with Crippen LogP contribution in [0.1, 0.15) is 26.6 Å². The number of hydrogen-bond donors (Lipinski definition) is 1. The van der Waals surface area contributed by atoms with Gasteiger partial charge in [0.2, 0.25) is 0 Å². The van der Waals surface area contributed by atoms with E-state index in [2.05, 4.69) is 9.97 Å². The maximum atomic E-state index is 10.3. The molecule has 0 unspecified atom stereocenters. The van der Waals surface area contributed by atoms with Crippen molar-refractivity contribution in [1.29, 1.82) is 0 Å². The van der Waals surface area contributed by atoms with E-state index < -0.39 is 5.60 Å². The number of aromatic nitrogens is 3. The minimum Gasteiger partial charge on any atom is -0.480 e. The number of nitrogens with zero attached hydrogens (tertiary/aromatic N) is 3. The van der Waals surface area contributed by atoms with Gasteiger partial charge in [0.25, 0.3) is 0 Å². The Morgan fingerprint density at radius 3 is 2.62 bits per heavy atom. The van der Waals surface area contributed by atoms with Gasteiger partial charge in [-0.2, -0.15) is 0 Å². The van der Waals surface area contributed by atoms with E-state index in [9.17, 15) is 5.11 Å². The van der Waals surface area contributed by atoms with E-state index >= 15 is 0 Å². The van der Waals surface area contributed by atoms with Gasteiger partial charge in [0.15, 0.2) is 0 Å². The molecule has 1 aromatic carbocycles. The fourth-order valence-corrected chi connectivity index (χ4v) is 2.74. The molecule has 2 N–H and O–H groups in total. The first-order valence-corrected chi connectivity index (χ1v) is 7.70. The summed E-state index contributed by atoms with van der Waals surface area (Å²) in [4.78, 5) is 8.88. The average Bonchev–Trinajstić information content (AvgIpc) is 2.83. The van der Waals surface area contributed by atoms with Crippen LogP contribution in [-0.2, 0) is 38.3 Å². The normalized spacial score (nSPS) is 11.8. The first-order valence-electron chi connectivity index (χ1n) is 7.70. The van der Waals surface area contributed by atoms with E-state index in [4.69, 9.17) is 10.5 Å². The third-order valence-corrected chi connectivity index (χ3v) is 3.64. The Balaban J connectivity index is 0.00000208. The molecule has 2 aromatic heterocycles. The van der Waals surface area contributed by atoms with Crippen molar-refractivity contribution in [3.05, 3.63) is 35.8 Å². The Labute approximate surface area is 154 Å². The topological polar surface area (TPSA) is 84.0 Å². The molecule has 0 saturated heterocycles. The molecule has 0 fully saturated rings. The summed E-state index contributed by atoms with van der Waals surface area (Å²) in [6.45, 7) is 6.74. The van der Waals surface area contributed by atoms with Crippen LogP contribution in [-0.4, -0.2) is 31.8 Å². The van der Waals surface area contributed by atoms with Crippen LogP contribution in [0.3, 0.4) is 0 Å². The number of fused-ring (bicyclic) bond motifs is 3. The van der Waals surface area contributed by atoms with Gasteiger partial charge in [-0.3, -0.25) is 0 Å². The summed E-state index contributed by atoms with van der Waals surface area (Å²) in [5.41, 5.74) is 9.40. The van der Waals surface area contributed by atoms with Crippen molar-refractivity contribution in [1.82, 2.24) is 14.5 Å². The first-order chi connectivity index (χ1) is 10.9. The van der Waals surface area contributed by atoms with E-state index in [0.717, 1.165) is 16.4 Å². The monoisotopic (exact) mass is 419 g/mol. The summed E-state index contributed by atoms with van der Waals surface area (Å²) >= 11 is 0. The fraction of sp³-hybridized carbons (Fsp3) is 0.412. The smallest absolute Gasteiger partial charge is 0.136 e. The fourth-order valence-electron chi connectivity index (χ4n) is 2.74. The zero-order chi connectivity index (χ0) is 16.6.